The highest BCUT2D eigenvalue weighted by molar-refractivity contribution is 5.31. The van der Waals surface area contributed by atoms with Gasteiger partial charge in [0.2, 0.25) is 0 Å². The quantitative estimate of drug-likeness (QED) is 0.658. The third-order valence-electron chi connectivity index (χ3n) is 4.51. The van der Waals surface area contributed by atoms with Crippen molar-refractivity contribution in [3.63, 3.8) is 0 Å². The molecule has 3 aliphatic carbocycles. The maximum atomic E-state index is 5.57. The minimum Gasteiger partial charge on any atom is -0.384 e. The molecule has 15 heavy (non-hydrogen) atoms. The van der Waals surface area contributed by atoms with Crippen molar-refractivity contribution in [3.05, 3.63) is 24.3 Å². The third-order valence-corrected chi connectivity index (χ3v) is 4.51. The maximum absolute atomic E-state index is 5.57. The van der Waals surface area contributed by atoms with Crippen LogP contribution in [0, 0.1) is 23.2 Å². The first-order chi connectivity index (χ1) is 7.31. The third kappa shape index (κ3) is 1.07. The van der Waals surface area contributed by atoms with E-state index < -0.39 is 0 Å². The zero-order valence-electron chi connectivity index (χ0n) is 9.35. The Balaban J connectivity index is 1.97. The molecule has 3 rings (SSSR count). The Hall–Kier alpha value is -0.600. The van der Waals surface area contributed by atoms with E-state index in [-0.39, 0.29) is 5.41 Å². The first-order valence-electron chi connectivity index (χ1n) is 5.71. The van der Waals surface area contributed by atoms with Crippen molar-refractivity contribution in [2.24, 2.45) is 23.2 Å². The Kier molecular flexibility index (Phi) is 2.05. The lowest BCUT2D eigenvalue weighted by molar-refractivity contribution is 0.00541. The van der Waals surface area contributed by atoms with Gasteiger partial charge >= 0.3 is 0 Å². The molecule has 1 fully saturated rings. The Bertz CT molecular complexity index is 320. The van der Waals surface area contributed by atoms with Gasteiger partial charge in [-0.05, 0) is 18.3 Å². The Morgan fingerprint density at radius 2 is 2.13 bits per heavy atom. The van der Waals surface area contributed by atoms with Crippen LogP contribution in [0.3, 0.4) is 0 Å². The van der Waals surface area contributed by atoms with E-state index in [4.69, 9.17) is 9.47 Å². The zero-order chi connectivity index (χ0) is 10.5. The summed E-state index contributed by atoms with van der Waals surface area (Å²) in [7, 11) is 3.61. The highest BCUT2D eigenvalue weighted by Crippen LogP contribution is 2.61. The number of hydrogen-bond acceptors (Lipinski definition) is 2. The largest absolute Gasteiger partial charge is 0.384 e. The van der Waals surface area contributed by atoms with Crippen molar-refractivity contribution >= 4 is 0 Å². The highest BCUT2D eigenvalue weighted by atomic mass is 16.5. The second kappa shape index (κ2) is 3.19. The summed E-state index contributed by atoms with van der Waals surface area (Å²) in [6, 6.07) is 0. The fourth-order valence-electron chi connectivity index (χ4n) is 3.94. The Labute approximate surface area is 90.9 Å². The first kappa shape index (κ1) is 9.61. The molecule has 4 unspecified atom stereocenters. The molecule has 0 aromatic carbocycles. The van der Waals surface area contributed by atoms with E-state index >= 15 is 0 Å². The lowest BCUT2D eigenvalue weighted by atomic mass is 9.70. The van der Waals surface area contributed by atoms with Gasteiger partial charge in [-0.3, -0.25) is 0 Å². The predicted molar refractivity (Wildman–Crippen MR) is 58.5 cm³/mol. The standard InChI is InChI=1S/C13H18O2/c1-14-8-13-6-5-11(15-2)12(13)9-3-4-10(13)7-9/h3-6,9-12H,7-8H2,1-2H3/t9?,10?,11?,12?,13-/m0/s1. The SMILES string of the molecule is COC[C@]12C=CC(OC)C1C1C=CC2C1. The van der Waals surface area contributed by atoms with E-state index in [1.54, 1.807) is 7.11 Å². The van der Waals surface area contributed by atoms with Crippen LogP contribution in [0.4, 0.5) is 0 Å². The summed E-state index contributed by atoms with van der Waals surface area (Å²) in [5.74, 6) is 1.98. The molecule has 0 radical (unpaired) electrons. The van der Waals surface area contributed by atoms with Crippen LogP contribution >= 0.6 is 0 Å². The van der Waals surface area contributed by atoms with Crippen molar-refractivity contribution < 1.29 is 9.47 Å². The normalized spacial score (nSPS) is 50.3. The van der Waals surface area contributed by atoms with E-state index in [0.717, 1.165) is 6.61 Å². The monoisotopic (exact) mass is 206 g/mol. The van der Waals surface area contributed by atoms with Crippen molar-refractivity contribution in [2.45, 2.75) is 12.5 Å². The van der Waals surface area contributed by atoms with E-state index in [1.807, 2.05) is 7.11 Å². The minimum absolute atomic E-state index is 0.231. The summed E-state index contributed by atoms with van der Waals surface area (Å²) in [5, 5.41) is 0. The molecule has 1 saturated carbocycles. The van der Waals surface area contributed by atoms with E-state index in [1.165, 1.54) is 6.42 Å². The van der Waals surface area contributed by atoms with Gasteiger partial charge in [0.05, 0.1) is 12.7 Å². The van der Waals surface area contributed by atoms with Gasteiger partial charge in [0, 0.05) is 25.6 Å². The smallest absolute Gasteiger partial charge is 0.0795 e. The molecule has 0 heterocycles. The summed E-state index contributed by atoms with van der Waals surface area (Å²) in [6.45, 7) is 0.833. The Morgan fingerprint density at radius 1 is 1.27 bits per heavy atom. The molecular formula is C13H18O2. The second-order valence-corrected chi connectivity index (χ2v) is 5.02. The summed E-state index contributed by atoms with van der Waals surface area (Å²) in [4.78, 5) is 0. The van der Waals surface area contributed by atoms with Crippen LogP contribution in [-0.2, 0) is 9.47 Å². The molecular weight excluding hydrogens is 188 g/mol. The van der Waals surface area contributed by atoms with Crippen molar-refractivity contribution in [2.75, 3.05) is 20.8 Å². The van der Waals surface area contributed by atoms with E-state index in [9.17, 15) is 0 Å². The molecule has 0 aromatic heterocycles. The molecule has 2 bridgehead atoms. The lowest BCUT2D eigenvalue weighted by Gasteiger charge is -2.37. The fraction of sp³-hybridized carbons (Fsp3) is 0.692. The van der Waals surface area contributed by atoms with Crippen molar-refractivity contribution in [1.29, 1.82) is 0 Å². The molecule has 0 aliphatic heterocycles. The molecule has 5 atom stereocenters. The van der Waals surface area contributed by atoms with Crippen LogP contribution in [0.1, 0.15) is 6.42 Å². The van der Waals surface area contributed by atoms with Crippen molar-refractivity contribution in [3.8, 4) is 0 Å². The number of hydrogen-bond donors (Lipinski definition) is 0. The van der Waals surface area contributed by atoms with Crippen LogP contribution in [0.25, 0.3) is 0 Å². The van der Waals surface area contributed by atoms with Crippen LogP contribution < -0.4 is 0 Å². The molecule has 0 amide bonds. The van der Waals surface area contributed by atoms with E-state index in [0.29, 0.717) is 23.9 Å². The highest BCUT2D eigenvalue weighted by Gasteiger charge is 2.59. The minimum atomic E-state index is 0.231. The van der Waals surface area contributed by atoms with Crippen LogP contribution in [0.15, 0.2) is 24.3 Å². The first-order valence-corrected chi connectivity index (χ1v) is 5.71. The molecule has 0 N–H and O–H groups in total. The van der Waals surface area contributed by atoms with E-state index in [2.05, 4.69) is 24.3 Å². The van der Waals surface area contributed by atoms with Gasteiger partial charge in [-0.25, -0.2) is 0 Å². The zero-order valence-corrected chi connectivity index (χ0v) is 9.35. The molecule has 0 saturated heterocycles. The molecule has 2 nitrogen and oxygen atoms in total. The van der Waals surface area contributed by atoms with Crippen LogP contribution in [-0.4, -0.2) is 26.9 Å². The average Bonchev–Trinajstić information content (AvgIpc) is 2.86. The lowest BCUT2D eigenvalue weighted by Crippen LogP contribution is -2.39. The summed E-state index contributed by atoms with van der Waals surface area (Å²) < 4.78 is 11.0. The molecule has 3 aliphatic rings. The fourth-order valence-corrected chi connectivity index (χ4v) is 3.94. The molecule has 2 heteroatoms. The van der Waals surface area contributed by atoms with Gasteiger partial charge in [-0.1, -0.05) is 24.3 Å². The maximum Gasteiger partial charge on any atom is 0.0795 e. The van der Waals surface area contributed by atoms with Gasteiger partial charge in [0.1, 0.15) is 0 Å². The number of allylic oxidation sites excluding steroid dienone is 2. The number of fused-ring (bicyclic) bond motifs is 5. The van der Waals surface area contributed by atoms with Crippen LogP contribution in [0.5, 0.6) is 0 Å². The van der Waals surface area contributed by atoms with Crippen molar-refractivity contribution in [1.82, 2.24) is 0 Å². The molecule has 82 valence electrons. The summed E-state index contributed by atoms with van der Waals surface area (Å²) in [6.07, 6.45) is 10.9. The summed E-state index contributed by atoms with van der Waals surface area (Å²) in [5.41, 5.74) is 0.231. The second-order valence-electron chi connectivity index (χ2n) is 5.02. The van der Waals surface area contributed by atoms with Gasteiger partial charge < -0.3 is 9.47 Å². The van der Waals surface area contributed by atoms with Crippen LogP contribution in [0.2, 0.25) is 0 Å². The topological polar surface area (TPSA) is 18.5 Å². The van der Waals surface area contributed by atoms with Gasteiger partial charge in [0.25, 0.3) is 0 Å². The molecule has 0 aromatic rings. The number of methoxy groups -OCH3 is 2. The average molecular weight is 206 g/mol. The molecule has 0 spiro atoms. The predicted octanol–water partition coefficient (Wildman–Crippen LogP) is 2.03. The van der Waals surface area contributed by atoms with Gasteiger partial charge in [0.15, 0.2) is 0 Å². The van der Waals surface area contributed by atoms with Gasteiger partial charge in [-0.15, -0.1) is 0 Å². The summed E-state index contributed by atoms with van der Waals surface area (Å²) >= 11 is 0. The number of ether oxygens (including phenoxy) is 2. The Morgan fingerprint density at radius 3 is 2.87 bits per heavy atom. The number of rotatable bonds is 3. The van der Waals surface area contributed by atoms with Gasteiger partial charge in [-0.2, -0.15) is 0 Å².